The summed E-state index contributed by atoms with van der Waals surface area (Å²) in [7, 11) is 1.41. The molecule has 3 atom stereocenters. The second-order valence-corrected chi connectivity index (χ2v) is 10.5. The lowest BCUT2D eigenvalue weighted by Gasteiger charge is -2.38. The predicted molar refractivity (Wildman–Crippen MR) is 114 cm³/mol. The maximum Gasteiger partial charge on any atom is 0.412 e. The second-order valence-electron chi connectivity index (χ2n) is 10.5. The fourth-order valence-corrected chi connectivity index (χ4v) is 5.22. The minimum atomic E-state index is -0.745. The first-order chi connectivity index (χ1) is 13.9. The third-order valence-electron chi connectivity index (χ3n) is 6.42. The van der Waals surface area contributed by atoms with Crippen molar-refractivity contribution in [2.75, 3.05) is 13.7 Å². The van der Waals surface area contributed by atoms with Crippen molar-refractivity contribution in [2.45, 2.75) is 77.7 Å². The van der Waals surface area contributed by atoms with Crippen LogP contribution < -0.4 is 0 Å². The smallest absolute Gasteiger partial charge is 0.412 e. The van der Waals surface area contributed by atoms with Gasteiger partial charge in [0.25, 0.3) is 0 Å². The molecule has 30 heavy (non-hydrogen) atoms. The summed E-state index contributed by atoms with van der Waals surface area (Å²) in [4.78, 5) is 27.8. The number of methoxy groups -OCH3 is 1. The number of carbonyl (C=O) groups is 2. The molecule has 1 aromatic rings. The Labute approximate surface area is 179 Å². The number of amides is 1. The van der Waals surface area contributed by atoms with Crippen LogP contribution in [0.2, 0.25) is 0 Å². The van der Waals surface area contributed by atoms with Crippen LogP contribution in [0.3, 0.4) is 0 Å². The first-order valence-electron chi connectivity index (χ1n) is 10.7. The molecule has 0 N–H and O–H groups in total. The normalized spacial score (nSPS) is 27.5. The predicted octanol–water partition coefficient (Wildman–Crippen LogP) is 4.73. The van der Waals surface area contributed by atoms with Crippen molar-refractivity contribution in [3.05, 3.63) is 35.9 Å². The van der Waals surface area contributed by atoms with Gasteiger partial charge in [0.1, 0.15) is 11.8 Å². The number of benzene rings is 1. The molecule has 2 aliphatic rings. The van der Waals surface area contributed by atoms with E-state index >= 15 is 0 Å². The van der Waals surface area contributed by atoms with Crippen molar-refractivity contribution in [2.24, 2.45) is 11.3 Å². The zero-order valence-corrected chi connectivity index (χ0v) is 19.2. The first kappa shape index (κ1) is 22.6. The Morgan fingerprint density at radius 2 is 1.70 bits per heavy atom. The Balaban J connectivity index is 1.90. The molecule has 1 aliphatic carbocycles. The summed E-state index contributed by atoms with van der Waals surface area (Å²) >= 11 is 0. The number of rotatable bonds is 4. The summed E-state index contributed by atoms with van der Waals surface area (Å²) in [6.07, 6.45) is 0.679. The van der Waals surface area contributed by atoms with Gasteiger partial charge in [0.2, 0.25) is 0 Å². The molecule has 166 valence electrons. The van der Waals surface area contributed by atoms with E-state index in [1.165, 1.54) is 7.11 Å². The molecule has 1 aromatic carbocycles. The first-order valence-corrected chi connectivity index (χ1v) is 10.7. The highest BCUT2D eigenvalue weighted by atomic mass is 16.6. The monoisotopic (exact) mass is 417 g/mol. The lowest BCUT2D eigenvalue weighted by molar-refractivity contribution is -0.145. The zero-order chi connectivity index (χ0) is 22.3. The largest absolute Gasteiger partial charge is 0.469 e. The third kappa shape index (κ3) is 4.34. The van der Waals surface area contributed by atoms with Gasteiger partial charge in [-0.15, -0.1) is 0 Å². The van der Waals surface area contributed by atoms with Crippen LogP contribution >= 0.6 is 0 Å². The number of hydrogen-bond acceptors (Lipinski definition) is 5. The molecular weight excluding hydrogens is 382 g/mol. The molecule has 3 rings (SSSR count). The van der Waals surface area contributed by atoms with E-state index in [2.05, 4.69) is 13.8 Å². The zero-order valence-electron chi connectivity index (χ0n) is 19.2. The lowest BCUT2D eigenvalue weighted by Crippen LogP contribution is -2.53. The summed E-state index contributed by atoms with van der Waals surface area (Å²) in [6.45, 7) is 12.4. The molecule has 0 bridgehead atoms. The summed E-state index contributed by atoms with van der Waals surface area (Å²) in [6, 6.07) is 9.63. The van der Waals surface area contributed by atoms with Crippen molar-refractivity contribution in [1.29, 1.82) is 0 Å². The highest BCUT2D eigenvalue weighted by Crippen LogP contribution is 2.49. The van der Waals surface area contributed by atoms with E-state index in [1.807, 2.05) is 58.0 Å². The topological polar surface area (TPSA) is 65.1 Å². The maximum atomic E-state index is 13.3. The van der Waals surface area contributed by atoms with E-state index in [4.69, 9.17) is 14.2 Å². The van der Waals surface area contributed by atoms with Crippen molar-refractivity contribution in [3.8, 4) is 0 Å². The molecule has 1 amide bonds. The number of carbonyl (C=O) groups excluding carboxylic acids is 2. The van der Waals surface area contributed by atoms with Crippen LogP contribution in [-0.4, -0.2) is 48.0 Å². The van der Waals surface area contributed by atoms with E-state index in [1.54, 1.807) is 4.90 Å². The van der Waals surface area contributed by atoms with Crippen molar-refractivity contribution < 1.29 is 23.8 Å². The van der Waals surface area contributed by atoms with Gasteiger partial charge in [-0.05, 0) is 51.5 Å². The Morgan fingerprint density at radius 1 is 1.07 bits per heavy atom. The van der Waals surface area contributed by atoms with Crippen molar-refractivity contribution in [1.82, 2.24) is 4.90 Å². The Bertz CT molecular complexity index is 770. The van der Waals surface area contributed by atoms with Gasteiger partial charge in [0.15, 0.2) is 0 Å². The molecule has 0 aromatic heterocycles. The van der Waals surface area contributed by atoms with E-state index in [0.717, 1.165) is 12.0 Å². The molecule has 6 heteroatoms. The van der Waals surface area contributed by atoms with Crippen LogP contribution in [0.15, 0.2) is 30.3 Å². The van der Waals surface area contributed by atoms with Crippen LogP contribution in [0, 0.1) is 11.3 Å². The summed E-state index contributed by atoms with van der Waals surface area (Å²) in [5.74, 6) is -0.935. The van der Waals surface area contributed by atoms with Crippen LogP contribution in [0.4, 0.5) is 4.79 Å². The van der Waals surface area contributed by atoms with Crippen molar-refractivity contribution in [3.63, 3.8) is 0 Å². The lowest BCUT2D eigenvalue weighted by atomic mass is 9.81. The van der Waals surface area contributed by atoms with Gasteiger partial charge >= 0.3 is 12.1 Å². The van der Waals surface area contributed by atoms with E-state index in [0.29, 0.717) is 13.0 Å². The molecule has 0 unspecified atom stereocenters. The molecule has 1 saturated carbocycles. The number of nitrogens with zero attached hydrogens (tertiary/aromatic N) is 1. The molecule has 1 saturated heterocycles. The highest BCUT2D eigenvalue weighted by molar-refractivity contribution is 5.79. The highest BCUT2D eigenvalue weighted by Gasteiger charge is 2.53. The Hall–Kier alpha value is -2.08. The fourth-order valence-electron chi connectivity index (χ4n) is 5.22. The molecule has 0 radical (unpaired) electrons. The fraction of sp³-hybridized carbons (Fsp3) is 0.667. The minimum absolute atomic E-state index is 0.0524. The molecule has 1 heterocycles. The maximum absolute atomic E-state index is 13.3. The van der Waals surface area contributed by atoms with Crippen LogP contribution in [0.25, 0.3) is 0 Å². The van der Waals surface area contributed by atoms with Crippen LogP contribution in [0.1, 0.15) is 65.9 Å². The SMILES string of the molecule is COC(=O)[C@H](c1ccccc1)[C@@H]1CC(C)(C)C[C@H]1OC(=O)N1C(C)(C)COC1(C)C. The standard InChI is InChI=1S/C24H35NO5/c1-22(2)13-17(19(20(26)28-7)16-11-9-8-10-12-16)18(14-22)30-21(27)25-23(3,4)15-29-24(25,5)6/h8-12,17-19H,13-15H2,1-7H3/t17-,18-,19-/m1/s1. The number of ether oxygens (including phenoxy) is 3. The van der Waals surface area contributed by atoms with E-state index < -0.39 is 23.3 Å². The van der Waals surface area contributed by atoms with Gasteiger partial charge in [-0.3, -0.25) is 9.69 Å². The van der Waals surface area contributed by atoms with E-state index in [-0.39, 0.29) is 23.4 Å². The summed E-state index contributed by atoms with van der Waals surface area (Å²) in [5, 5.41) is 0. The molecule has 0 spiro atoms. The third-order valence-corrected chi connectivity index (χ3v) is 6.42. The second kappa shape index (κ2) is 7.88. The quantitative estimate of drug-likeness (QED) is 0.663. The van der Waals surface area contributed by atoms with Gasteiger partial charge in [-0.2, -0.15) is 0 Å². The van der Waals surface area contributed by atoms with Crippen LogP contribution in [0.5, 0.6) is 0 Å². The van der Waals surface area contributed by atoms with Gasteiger partial charge in [-0.25, -0.2) is 4.79 Å². The van der Waals surface area contributed by atoms with Gasteiger partial charge in [0.05, 0.1) is 25.2 Å². The summed E-state index contributed by atoms with van der Waals surface area (Å²) < 4.78 is 17.1. The summed E-state index contributed by atoms with van der Waals surface area (Å²) in [5.41, 5.74) is -0.377. The van der Waals surface area contributed by atoms with E-state index in [9.17, 15) is 9.59 Å². The van der Waals surface area contributed by atoms with Crippen molar-refractivity contribution >= 4 is 12.1 Å². The average molecular weight is 418 g/mol. The Kier molecular flexibility index (Phi) is 5.93. The number of hydrogen-bond donors (Lipinski definition) is 0. The molecular formula is C24H35NO5. The molecule has 1 aliphatic heterocycles. The van der Waals surface area contributed by atoms with Gasteiger partial charge in [-0.1, -0.05) is 44.2 Å². The number of esters is 1. The van der Waals surface area contributed by atoms with Gasteiger partial charge < -0.3 is 14.2 Å². The molecule has 6 nitrogen and oxygen atoms in total. The van der Waals surface area contributed by atoms with Gasteiger partial charge in [0, 0.05) is 5.92 Å². The average Bonchev–Trinajstić information content (AvgIpc) is 3.06. The van der Waals surface area contributed by atoms with Crippen LogP contribution in [-0.2, 0) is 19.0 Å². The molecule has 2 fully saturated rings. The minimum Gasteiger partial charge on any atom is -0.469 e. The Morgan fingerprint density at radius 3 is 2.23 bits per heavy atom.